The Kier molecular flexibility index (Phi) is 6.45. The molecule has 0 spiro atoms. The highest BCUT2D eigenvalue weighted by Gasteiger charge is 2.50. The number of hydrogen-bond donors (Lipinski definition) is 0. The van der Waals surface area contributed by atoms with Gasteiger partial charge in [0.1, 0.15) is 5.60 Å². The molecule has 0 fully saturated rings. The third kappa shape index (κ3) is 6.34. The summed E-state index contributed by atoms with van der Waals surface area (Å²) < 4.78 is 10.6. The molecule has 0 saturated heterocycles. The molecule has 0 saturated carbocycles. The van der Waals surface area contributed by atoms with Gasteiger partial charge in [-0.05, 0) is 20.8 Å². The average molecular weight is 333 g/mol. The Morgan fingerprint density at radius 1 is 0.810 bits per heavy atom. The van der Waals surface area contributed by atoms with Crippen molar-refractivity contribution in [2.45, 2.75) is 76.7 Å². The van der Waals surface area contributed by atoms with Crippen LogP contribution in [0, 0.1) is 0 Å². The van der Waals surface area contributed by atoms with Crippen molar-refractivity contribution in [3.63, 3.8) is 0 Å². The molecule has 0 aliphatic rings. The van der Waals surface area contributed by atoms with Gasteiger partial charge in [0.2, 0.25) is 0 Å². The van der Waals surface area contributed by atoms with Gasteiger partial charge < -0.3 is 9.47 Å². The largest absolute Gasteiger partial charge is 0.469 e. The molecule has 0 amide bonds. The van der Waals surface area contributed by atoms with E-state index in [1.165, 1.54) is 7.11 Å². The zero-order valence-corrected chi connectivity index (χ0v) is 17.3. The summed E-state index contributed by atoms with van der Waals surface area (Å²) in [6.07, 6.45) is 0. The lowest BCUT2D eigenvalue weighted by atomic mass is 10.2. The third-order valence-electron chi connectivity index (χ3n) is 3.32. The quantitative estimate of drug-likeness (QED) is 0.565. The second kappa shape index (κ2) is 6.64. The van der Waals surface area contributed by atoms with E-state index in [2.05, 4.69) is 39.3 Å². The molecule has 0 aromatic heterocycles. The Bertz CT molecular complexity index is 386. The van der Waals surface area contributed by atoms with E-state index in [1.54, 1.807) is 0 Å². The van der Waals surface area contributed by atoms with Crippen molar-refractivity contribution in [1.29, 1.82) is 0 Å². The van der Waals surface area contributed by atoms with E-state index < -0.39 is 21.7 Å². The molecule has 0 aliphatic heterocycles. The van der Waals surface area contributed by atoms with Crippen molar-refractivity contribution >= 4 is 28.1 Å². The van der Waals surface area contributed by atoms with Gasteiger partial charge in [0.15, 0.2) is 0 Å². The van der Waals surface area contributed by atoms with Gasteiger partial charge in [-0.1, -0.05) is 39.3 Å². The zero-order chi connectivity index (χ0) is 17.2. The van der Waals surface area contributed by atoms with Crippen LogP contribution in [0.2, 0.25) is 50.4 Å². The fraction of sp³-hybridized carbons (Fsp3) is 0.867. The van der Waals surface area contributed by atoms with Crippen LogP contribution in [0.3, 0.4) is 0 Å². The second-order valence-electron chi connectivity index (χ2n) is 8.74. The Morgan fingerprint density at radius 3 is 1.38 bits per heavy atom. The highest BCUT2D eigenvalue weighted by Crippen LogP contribution is 2.43. The Balaban J connectivity index is 5.78. The van der Waals surface area contributed by atoms with Crippen LogP contribution < -0.4 is 0 Å². The molecule has 2 atom stereocenters. The normalized spacial score (nSPS) is 16.1. The molecular formula is C15H32O4Si2. The average Bonchev–Trinajstić information content (AvgIpc) is 2.18. The number of ether oxygens (including phenoxy) is 2. The number of rotatable bonds is 5. The van der Waals surface area contributed by atoms with Crippen LogP contribution in [-0.2, 0) is 19.1 Å². The lowest BCUT2D eigenvalue weighted by Crippen LogP contribution is -2.49. The number of hydrogen-bond acceptors (Lipinski definition) is 4. The van der Waals surface area contributed by atoms with Crippen molar-refractivity contribution in [2.24, 2.45) is 0 Å². The first kappa shape index (κ1) is 20.4. The molecule has 0 radical (unpaired) electrons. The summed E-state index contributed by atoms with van der Waals surface area (Å²) in [4.78, 5) is 25.1. The monoisotopic (exact) mass is 332 g/mol. The Morgan fingerprint density at radius 2 is 1.14 bits per heavy atom. The summed E-state index contributed by atoms with van der Waals surface area (Å²) in [6, 6.07) is 0. The molecule has 0 aromatic carbocycles. The second-order valence-corrected chi connectivity index (χ2v) is 19.5. The fourth-order valence-corrected chi connectivity index (χ4v) is 9.33. The lowest BCUT2D eigenvalue weighted by Gasteiger charge is -2.39. The zero-order valence-electron chi connectivity index (χ0n) is 15.3. The molecule has 21 heavy (non-hydrogen) atoms. The minimum atomic E-state index is -1.94. The summed E-state index contributed by atoms with van der Waals surface area (Å²) in [7, 11) is -2.47. The van der Waals surface area contributed by atoms with E-state index in [1.807, 2.05) is 20.8 Å². The summed E-state index contributed by atoms with van der Waals surface area (Å²) >= 11 is 0. The summed E-state index contributed by atoms with van der Waals surface area (Å²) in [5.74, 6) is -0.521. The van der Waals surface area contributed by atoms with Crippen molar-refractivity contribution in [1.82, 2.24) is 0 Å². The van der Waals surface area contributed by atoms with E-state index in [9.17, 15) is 9.59 Å². The predicted octanol–water partition coefficient (Wildman–Crippen LogP) is 3.92. The van der Waals surface area contributed by atoms with E-state index in [4.69, 9.17) is 9.47 Å². The predicted molar refractivity (Wildman–Crippen MR) is 92.1 cm³/mol. The first-order chi connectivity index (χ1) is 9.11. The number of carbonyl (C=O) groups excluding carboxylic acids is 2. The molecule has 0 aromatic rings. The van der Waals surface area contributed by atoms with Crippen molar-refractivity contribution in [2.75, 3.05) is 7.11 Å². The highest BCUT2D eigenvalue weighted by molar-refractivity contribution is 6.87. The Labute approximate surface area is 131 Å². The highest BCUT2D eigenvalue weighted by atomic mass is 28.3. The molecule has 6 heteroatoms. The van der Waals surface area contributed by atoms with Gasteiger partial charge in [0.25, 0.3) is 0 Å². The molecule has 0 aliphatic carbocycles. The van der Waals surface area contributed by atoms with Crippen molar-refractivity contribution < 1.29 is 19.1 Å². The van der Waals surface area contributed by atoms with Gasteiger partial charge >= 0.3 is 11.9 Å². The smallest absolute Gasteiger partial charge is 0.307 e. The number of carbonyl (C=O) groups is 2. The maximum atomic E-state index is 12.7. The topological polar surface area (TPSA) is 52.6 Å². The first-order valence-electron chi connectivity index (χ1n) is 7.42. The molecule has 0 heterocycles. The molecule has 0 N–H and O–H groups in total. The van der Waals surface area contributed by atoms with E-state index in [-0.39, 0.29) is 23.0 Å². The van der Waals surface area contributed by atoms with Gasteiger partial charge in [-0.15, -0.1) is 0 Å². The van der Waals surface area contributed by atoms with Crippen molar-refractivity contribution in [3.8, 4) is 0 Å². The van der Waals surface area contributed by atoms with E-state index in [0.29, 0.717) is 0 Å². The SMILES string of the molecule is COC(=O)[C@@H]([C@@H](C(=O)OC(C)(C)C)[Si](C)(C)C)[Si](C)(C)C. The third-order valence-corrected chi connectivity index (χ3v) is 8.52. The van der Waals surface area contributed by atoms with Gasteiger partial charge in [-0.3, -0.25) is 9.59 Å². The van der Waals surface area contributed by atoms with Crippen LogP contribution in [0.1, 0.15) is 20.8 Å². The van der Waals surface area contributed by atoms with Crippen LogP contribution in [0.4, 0.5) is 0 Å². The molecule has 4 nitrogen and oxygen atoms in total. The maximum absolute atomic E-state index is 12.7. The van der Waals surface area contributed by atoms with Gasteiger partial charge in [0, 0.05) is 0 Å². The van der Waals surface area contributed by atoms with E-state index >= 15 is 0 Å². The summed E-state index contributed by atoms with van der Waals surface area (Å²) in [5.41, 5.74) is -1.27. The van der Waals surface area contributed by atoms with E-state index in [0.717, 1.165) is 0 Å². The van der Waals surface area contributed by atoms with Crippen LogP contribution in [0.25, 0.3) is 0 Å². The van der Waals surface area contributed by atoms with Crippen LogP contribution in [0.5, 0.6) is 0 Å². The molecule has 124 valence electrons. The van der Waals surface area contributed by atoms with Crippen LogP contribution in [0.15, 0.2) is 0 Å². The standard InChI is InChI=1S/C15H32O4Si2/c1-15(2,3)19-14(17)12(21(8,9)10)11(13(16)18-4)20(5,6)7/h11-12H,1-10H3/t11-,12+/m1/s1. The molecule has 0 unspecified atom stereocenters. The first-order valence-corrected chi connectivity index (χ1v) is 14.6. The van der Waals surface area contributed by atoms with Gasteiger partial charge in [-0.2, -0.15) is 0 Å². The Hall–Kier alpha value is -0.626. The minimum Gasteiger partial charge on any atom is -0.469 e. The van der Waals surface area contributed by atoms with Gasteiger partial charge in [0.05, 0.1) is 34.3 Å². The minimum absolute atomic E-state index is 0.250. The van der Waals surface area contributed by atoms with Crippen LogP contribution in [-0.4, -0.2) is 40.8 Å². The summed E-state index contributed by atoms with van der Waals surface area (Å²) in [5, 5.41) is 0. The molecule has 0 rings (SSSR count). The van der Waals surface area contributed by atoms with Gasteiger partial charge in [-0.25, -0.2) is 0 Å². The number of esters is 2. The van der Waals surface area contributed by atoms with Crippen LogP contribution >= 0.6 is 0 Å². The summed E-state index contributed by atoms with van der Waals surface area (Å²) in [6.45, 7) is 18.2. The van der Waals surface area contributed by atoms with Crippen molar-refractivity contribution in [3.05, 3.63) is 0 Å². The maximum Gasteiger partial charge on any atom is 0.307 e. The molecule has 0 bridgehead atoms. The number of methoxy groups -OCH3 is 1. The fourth-order valence-electron chi connectivity index (χ4n) is 2.47. The molecular weight excluding hydrogens is 300 g/mol. The lowest BCUT2D eigenvalue weighted by molar-refractivity contribution is -0.157.